The highest BCUT2D eigenvalue weighted by molar-refractivity contribution is 6.30. The van der Waals surface area contributed by atoms with Gasteiger partial charge in [-0.3, -0.25) is 4.79 Å². The predicted molar refractivity (Wildman–Crippen MR) is 143 cm³/mol. The molecular weight excluding hydrogens is 460 g/mol. The normalized spacial score (nSPS) is 14.7. The molecular formula is C28H31ClN4O2. The van der Waals surface area contributed by atoms with Gasteiger partial charge in [0, 0.05) is 59.7 Å². The van der Waals surface area contributed by atoms with Crippen molar-refractivity contribution in [1.82, 2.24) is 9.80 Å². The van der Waals surface area contributed by atoms with Crippen LogP contribution in [0.15, 0.2) is 60.7 Å². The van der Waals surface area contributed by atoms with Crippen LogP contribution >= 0.6 is 11.6 Å². The molecule has 0 aromatic heterocycles. The van der Waals surface area contributed by atoms with E-state index in [1.54, 1.807) is 11.0 Å². The van der Waals surface area contributed by atoms with E-state index in [-0.39, 0.29) is 17.9 Å². The maximum absolute atomic E-state index is 13.8. The molecule has 3 aromatic rings. The molecule has 3 aromatic carbocycles. The highest BCUT2D eigenvalue weighted by atomic mass is 35.5. The van der Waals surface area contributed by atoms with E-state index in [9.17, 15) is 4.79 Å². The fourth-order valence-corrected chi connectivity index (χ4v) is 5.06. The zero-order valence-electron chi connectivity index (χ0n) is 20.3. The molecule has 0 radical (unpaired) electrons. The number of amides is 1. The third kappa shape index (κ3) is 5.04. The Morgan fingerprint density at radius 1 is 1.23 bits per heavy atom. The number of hydrogen-bond acceptors (Lipinski definition) is 5. The van der Waals surface area contributed by atoms with Crippen molar-refractivity contribution in [3.8, 4) is 16.9 Å². The number of rotatable bonds is 8. The summed E-state index contributed by atoms with van der Waals surface area (Å²) >= 11 is 6.20. The fraction of sp³-hybridized carbons (Fsp3) is 0.286. The van der Waals surface area contributed by atoms with Gasteiger partial charge < -0.3 is 25.7 Å². The molecule has 1 saturated heterocycles. The summed E-state index contributed by atoms with van der Waals surface area (Å²) in [6.07, 6.45) is 1.26. The summed E-state index contributed by atoms with van der Waals surface area (Å²) in [4.78, 5) is 17.8. The van der Waals surface area contributed by atoms with E-state index in [1.165, 1.54) is 6.21 Å². The number of benzene rings is 3. The van der Waals surface area contributed by atoms with Crippen LogP contribution in [0, 0.1) is 11.3 Å². The molecule has 1 aliphatic heterocycles. The van der Waals surface area contributed by atoms with E-state index in [0.29, 0.717) is 34.2 Å². The summed E-state index contributed by atoms with van der Waals surface area (Å²) < 4.78 is 5.92. The van der Waals surface area contributed by atoms with Crippen LogP contribution in [-0.4, -0.2) is 55.7 Å². The van der Waals surface area contributed by atoms with Gasteiger partial charge in [-0.2, -0.15) is 0 Å². The Morgan fingerprint density at radius 3 is 2.63 bits per heavy atom. The first-order valence-corrected chi connectivity index (χ1v) is 12.1. The van der Waals surface area contributed by atoms with E-state index < -0.39 is 0 Å². The first-order chi connectivity index (χ1) is 16.8. The summed E-state index contributed by atoms with van der Waals surface area (Å²) in [5, 5.41) is 8.34. The molecule has 1 unspecified atom stereocenters. The molecule has 1 aliphatic rings. The van der Waals surface area contributed by atoms with Gasteiger partial charge in [0.1, 0.15) is 5.75 Å². The van der Waals surface area contributed by atoms with Gasteiger partial charge in [-0.25, -0.2) is 0 Å². The van der Waals surface area contributed by atoms with Crippen molar-refractivity contribution in [3.05, 3.63) is 82.4 Å². The average Bonchev–Trinajstić information content (AvgIpc) is 2.83. The molecule has 1 amide bonds. The second kappa shape index (κ2) is 10.5. The Labute approximate surface area is 211 Å². The summed E-state index contributed by atoms with van der Waals surface area (Å²) in [6.45, 7) is 4.14. The number of carbonyl (C=O) groups is 1. The minimum atomic E-state index is -0.207. The Bertz CT molecular complexity index is 1240. The number of ether oxygens (including phenoxy) is 1. The molecule has 182 valence electrons. The van der Waals surface area contributed by atoms with Crippen molar-refractivity contribution >= 4 is 29.4 Å². The third-order valence-electron chi connectivity index (χ3n) is 6.59. The molecule has 4 rings (SSSR count). The number of nitrogens with zero attached hydrogens (tertiary/aromatic N) is 2. The molecule has 0 spiro atoms. The van der Waals surface area contributed by atoms with E-state index in [4.69, 9.17) is 27.5 Å². The number of hydrogen-bond donors (Lipinski definition) is 2. The van der Waals surface area contributed by atoms with Gasteiger partial charge in [0.25, 0.3) is 5.91 Å². The van der Waals surface area contributed by atoms with Crippen LogP contribution in [-0.2, 0) is 0 Å². The standard InChI is InChI=1S/C28H31ClN4O2/c1-4-35-25-14-19(11-12-23(25)18-7-5-9-22(29)13-18)28(34)33(3)27(21-16-32(2)17-21)24-10-6-8-20(15-30)26(24)31/h5-15,21,27,30H,4,16-17,31H2,1-3H3. The highest BCUT2D eigenvalue weighted by Gasteiger charge is 2.38. The molecule has 1 atom stereocenters. The number of anilines is 1. The van der Waals surface area contributed by atoms with Crippen LogP contribution < -0.4 is 10.5 Å². The first kappa shape index (κ1) is 24.8. The minimum absolute atomic E-state index is 0.109. The smallest absolute Gasteiger partial charge is 0.254 e. The van der Waals surface area contributed by atoms with Crippen LogP contribution in [0.4, 0.5) is 5.69 Å². The van der Waals surface area contributed by atoms with Crippen molar-refractivity contribution in [2.75, 3.05) is 39.5 Å². The van der Waals surface area contributed by atoms with E-state index >= 15 is 0 Å². The van der Waals surface area contributed by atoms with Crippen LogP contribution in [0.2, 0.25) is 5.02 Å². The lowest BCUT2D eigenvalue weighted by Crippen LogP contribution is -2.51. The molecule has 6 nitrogen and oxygen atoms in total. The quantitative estimate of drug-likeness (QED) is 0.329. The van der Waals surface area contributed by atoms with Gasteiger partial charge in [-0.1, -0.05) is 41.9 Å². The van der Waals surface area contributed by atoms with Crippen molar-refractivity contribution in [1.29, 1.82) is 5.41 Å². The van der Waals surface area contributed by atoms with Crippen LogP contribution in [0.1, 0.15) is 34.5 Å². The maximum Gasteiger partial charge on any atom is 0.254 e. The molecule has 1 fully saturated rings. The van der Waals surface area contributed by atoms with Crippen molar-refractivity contribution < 1.29 is 9.53 Å². The molecule has 0 aliphatic carbocycles. The van der Waals surface area contributed by atoms with Gasteiger partial charge in [-0.05, 0) is 55.4 Å². The largest absolute Gasteiger partial charge is 0.493 e. The lowest BCUT2D eigenvalue weighted by atomic mass is 9.84. The molecule has 0 bridgehead atoms. The molecule has 35 heavy (non-hydrogen) atoms. The van der Waals surface area contributed by atoms with E-state index in [0.717, 1.165) is 29.8 Å². The minimum Gasteiger partial charge on any atom is -0.493 e. The molecule has 0 saturated carbocycles. The number of halogens is 1. The number of para-hydroxylation sites is 1. The summed E-state index contributed by atoms with van der Waals surface area (Å²) in [5.74, 6) is 0.774. The average molecular weight is 491 g/mol. The van der Waals surface area contributed by atoms with Crippen molar-refractivity contribution in [2.45, 2.75) is 13.0 Å². The first-order valence-electron chi connectivity index (χ1n) is 11.7. The summed E-state index contributed by atoms with van der Waals surface area (Å²) in [5.41, 5.74) is 10.9. The SMILES string of the molecule is CCOc1cc(C(=O)N(C)C(c2cccc(C=N)c2N)C2CN(C)C2)ccc1-c1cccc(Cl)c1. The molecule has 3 N–H and O–H groups in total. The second-order valence-corrected chi connectivity index (χ2v) is 9.43. The number of carbonyl (C=O) groups excluding carboxylic acids is 1. The van der Waals surface area contributed by atoms with Gasteiger partial charge >= 0.3 is 0 Å². The zero-order chi connectivity index (χ0) is 25.1. The lowest BCUT2D eigenvalue weighted by Gasteiger charge is -2.45. The topological polar surface area (TPSA) is 82.6 Å². The Morgan fingerprint density at radius 2 is 1.97 bits per heavy atom. The van der Waals surface area contributed by atoms with Gasteiger partial charge in [0.05, 0.1) is 12.6 Å². The molecule has 1 heterocycles. The Hall–Kier alpha value is -3.35. The second-order valence-electron chi connectivity index (χ2n) is 8.99. The lowest BCUT2D eigenvalue weighted by molar-refractivity contribution is 0.0373. The Kier molecular flexibility index (Phi) is 7.43. The highest BCUT2D eigenvalue weighted by Crippen LogP contribution is 2.39. The van der Waals surface area contributed by atoms with Crippen molar-refractivity contribution in [3.63, 3.8) is 0 Å². The zero-order valence-corrected chi connectivity index (χ0v) is 21.0. The number of nitrogens with two attached hydrogens (primary N) is 1. The maximum atomic E-state index is 13.8. The third-order valence-corrected chi connectivity index (χ3v) is 6.82. The Balaban J connectivity index is 1.71. The summed E-state index contributed by atoms with van der Waals surface area (Å²) in [7, 11) is 3.89. The fourth-order valence-electron chi connectivity index (χ4n) is 4.87. The monoisotopic (exact) mass is 490 g/mol. The van der Waals surface area contributed by atoms with Gasteiger partial charge in [0.15, 0.2) is 0 Å². The van der Waals surface area contributed by atoms with E-state index in [1.807, 2.05) is 68.6 Å². The van der Waals surface area contributed by atoms with Crippen LogP contribution in [0.5, 0.6) is 5.75 Å². The van der Waals surface area contributed by atoms with Crippen LogP contribution in [0.3, 0.4) is 0 Å². The summed E-state index contributed by atoms with van der Waals surface area (Å²) in [6, 6.07) is 18.6. The van der Waals surface area contributed by atoms with Gasteiger partial charge in [0.2, 0.25) is 0 Å². The van der Waals surface area contributed by atoms with Crippen LogP contribution in [0.25, 0.3) is 11.1 Å². The number of likely N-dealkylation sites (tertiary alicyclic amines) is 1. The van der Waals surface area contributed by atoms with E-state index in [2.05, 4.69) is 11.9 Å². The predicted octanol–water partition coefficient (Wildman–Crippen LogP) is 5.36. The number of nitrogen functional groups attached to an aromatic ring is 1. The number of nitrogens with one attached hydrogen (secondary N) is 1. The van der Waals surface area contributed by atoms with Crippen molar-refractivity contribution in [2.24, 2.45) is 5.92 Å². The van der Waals surface area contributed by atoms with Gasteiger partial charge in [-0.15, -0.1) is 0 Å². The molecule has 7 heteroatoms.